The highest BCUT2D eigenvalue weighted by atomic mass is 79.9. The van der Waals surface area contributed by atoms with E-state index < -0.39 is 0 Å². The van der Waals surface area contributed by atoms with Gasteiger partial charge in [-0.15, -0.1) is 0 Å². The molecule has 0 N–H and O–H groups in total. The fourth-order valence-electron chi connectivity index (χ4n) is 2.12. The Morgan fingerprint density at radius 2 is 1.44 bits per heavy atom. The Kier molecular flexibility index (Phi) is 9.23. The first-order valence-electron chi connectivity index (χ1n) is 6.67. The summed E-state index contributed by atoms with van der Waals surface area (Å²) >= 11 is 3.55. The first-order chi connectivity index (χ1) is 8.83. The summed E-state index contributed by atoms with van der Waals surface area (Å²) in [4.78, 5) is 0. The van der Waals surface area contributed by atoms with Gasteiger partial charge in [-0.2, -0.15) is 0 Å². The van der Waals surface area contributed by atoms with Gasteiger partial charge >= 0.3 is 0 Å². The zero-order chi connectivity index (χ0) is 13.1. The van der Waals surface area contributed by atoms with Gasteiger partial charge in [0.2, 0.25) is 0 Å². The summed E-state index contributed by atoms with van der Waals surface area (Å²) in [6.07, 6.45) is 4.89. The zero-order valence-corrected chi connectivity index (χ0v) is 12.9. The van der Waals surface area contributed by atoms with Crippen LogP contribution in [-0.4, -0.2) is 57.7 Å². The number of methoxy groups -OCH3 is 1. The van der Waals surface area contributed by atoms with E-state index in [1.54, 1.807) is 7.11 Å². The molecule has 4 nitrogen and oxygen atoms in total. The van der Waals surface area contributed by atoms with Gasteiger partial charge in [0.25, 0.3) is 0 Å². The fraction of sp³-hybridized carbons (Fsp3) is 1.00. The van der Waals surface area contributed by atoms with Crippen molar-refractivity contribution in [3.8, 4) is 0 Å². The van der Waals surface area contributed by atoms with Gasteiger partial charge in [-0.3, -0.25) is 0 Å². The van der Waals surface area contributed by atoms with E-state index in [1.165, 1.54) is 25.7 Å². The third-order valence-electron chi connectivity index (χ3n) is 3.20. The van der Waals surface area contributed by atoms with Gasteiger partial charge in [0.1, 0.15) is 0 Å². The summed E-state index contributed by atoms with van der Waals surface area (Å²) in [6, 6.07) is 0. The van der Waals surface area contributed by atoms with E-state index in [0.717, 1.165) is 5.33 Å². The van der Waals surface area contributed by atoms with Crippen molar-refractivity contribution >= 4 is 15.9 Å². The summed E-state index contributed by atoms with van der Waals surface area (Å²) in [5.41, 5.74) is 0.0678. The molecule has 0 amide bonds. The minimum Gasteiger partial charge on any atom is -0.382 e. The van der Waals surface area contributed by atoms with Crippen LogP contribution in [0.5, 0.6) is 0 Å². The first-order valence-corrected chi connectivity index (χ1v) is 7.79. The minimum absolute atomic E-state index is 0.0678. The molecule has 0 aromatic rings. The van der Waals surface area contributed by atoms with Crippen LogP contribution >= 0.6 is 15.9 Å². The maximum atomic E-state index is 5.95. The largest absolute Gasteiger partial charge is 0.382 e. The molecule has 1 saturated carbocycles. The molecule has 0 aliphatic heterocycles. The summed E-state index contributed by atoms with van der Waals surface area (Å²) in [5.74, 6) is 0. The lowest BCUT2D eigenvalue weighted by Gasteiger charge is -2.27. The SMILES string of the molecule is COCCOCCOCCOC1(CBr)CCCC1. The molecule has 1 aliphatic carbocycles. The zero-order valence-electron chi connectivity index (χ0n) is 11.3. The number of hydrogen-bond donors (Lipinski definition) is 0. The van der Waals surface area contributed by atoms with E-state index in [4.69, 9.17) is 18.9 Å². The molecule has 18 heavy (non-hydrogen) atoms. The fourth-order valence-corrected chi connectivity index (χ4v) is 2.84. The van der Waals surface area contributed by atoms with Crippen LogP contribution in [-0.2, 0) is 18.9 Å². The molecule has 0 atom stereocenters. The Bertz CT molecular complexity index is 195. The molecule has 0 heterocycles. The second kappa shape index (κ2) is 10.1. The summed E-state index contributed by atoms with van der Waals surface area (Å²) in [7, 11) is 1.67. The summed E-state index contributed by atoms with van der Waals surface area (Å²) in [5, 5.41) is 0.931. The van der Waals surface area contributed by atoms with Crippen LogP contribution in [0.25, 0.3) is 0 Å². The quantitative estimate of drug-likeness (QED) is 0.432. The van der Waals surface area contributed by atoms with Gasteiger partial charge < -0.3 is 18.9 Å². The average Bonchev–Trinajstić information content (AvgIpc) is 2.86. The second-order valence-electron chi connectivity index (χ2n) is 4.59. The van der Waals surface area contributed by atoms with Gasteiger partial charge in [-0.25, -0.2) is 0 Å². The molecule has 0 aromatic carbocycles. The van der Waals surface area contributed by atoms with Crippen LogP contribution in [0.15, 0.2) is 0 Å². The molecule has 1 rings (SSSR count). The molecule has 1 aliphatic rings. The van der Waals surface area contributed by atoms with Gasteiger partial charge in [0, 0.05) is 12.4 Å². The lowest BCUT2D eigenvalue weighted by Crippen LogP contribution is -2.32. The van der Waals surface area contributed by atoms with Crippen LogP contribution in [0.2, 0.25) is 0 Å². The normalized spacial score (nSPS) is 18.3. The maximum absolute atomic E-state index is 5.95. The molecule has 0 saturated heterocycles. The van der Waals surface area contributed by atoms with Gasteiger partial charge in [-0.05, 0) is 12.8 Å². The molecule has 0 aromatic heterocycles. The van der Waals surface area contributed by atoms with Crippen molar-refractivity contribution in [1.29, 1.82) is 0 Å². The van der Waals surface area contributed by atoms with Crippen molar-refractivity contribution in [1.82, 2.24) is 0 Å². The van der Waals surface area contributed by atoms with Crippen molar-refractivity contribution in [2.75, 3.05) is 52.1 Å². The number of ether oxygens (including phenoxy) is 4. The van der Waals surface area contributed by atoms with Crippen LogP contribution in [0.3, 0.4) is 0 Å². The molecule has 0 unspecified atom stereocenters. The number of hydrogen-bond acceptors (Lipinski definition) is 4. The average molecular weight is 325 g/mol. The van der Waals surface area contributed by atoms with Crippen molar-refractivity contribution in [3.05, 3.63) is 0 Å². The van der Waals surface area contributed by atoms with E-state index in [2.05, 4.69) is 15.9 Å². The lowest BCUT2D eigenvalue weighted by atomic mass is 10.1. The van der Waals surface area contributed by atoms with Crippen molar-refractivity contribution in [2.24, 2.45) is 0 Å². The third kappa shape index (κ3) is 6.48. The Labute approximate surface area is 118 Å². The standard InChI is InChI=1S/C13H25BrO4/c1-15-6-7-16-8-9-17-10-11-18-13(12-14)4-2-3-5-13/h2-12H2,1H3. The molecule has 0 radical (unpaired) electrons. The highest BCUT2D eigenvalue weighted by Gasteiger charge is 2.33. The minimum atomic E-state index is 0.0678. The molecule has 1 fully saturated rings. The highest BCUT2D eigenvalue weighted by Crippen LogP contribution is 2.34. The van der Waals surface area contributed by atoms with E-state index in [9.17, 15) is 0 Å². The maximum Gasteiger partial charge on any atom is 0.0780 e. The van der Waals surface area contributed by atoms with Crippen LogP contribution in [0, 0.1) is 0 Å². The number of rotatable bonds is 11. The van der Waals surface area contributed by atoms with E-state index in [1.807, 2.05) is 0 Å². The van der Waals surface area contributed by atoms with Crippen molar-refractivity contribution in [3.63, 3.8) is 0 Å². The Morgan fingerprint density at radius 1 is 0.889 bits per heavy atom. The lowest BCUT2D eigenvalue weighted by molar-refractivity contribution is -0.0557. The Morgan fingerprint density at radius 3 is 2.00 bits per heavy atom. The smallest absolute Gasteiger partial charge is 0.0780 e. The summed E-state index contributed by atoms with van der Waals surface area (Å²) < 4.78 is 21.6. The number of alkyl halides is 1. The number of halogens is 1. The van der Waals surface area contributed by atoms with Gasteiger partial charge in [0.05, 0.1) is 45.2 Å². The molecule has 108 valence electrons. The Balaban J connectivity index is 1.89. The topological polar surface area (TPSA) is 36.9 Å². The van der Waals surface area contributed by atoms with E-state index >= 15 is 0 Å². The monoisotopic (exact) mass is 324 g/mol. The van der Waals surface area contributed by atoms with Gasteiger partial charge in [0.15, 0.2) is 0 Å². The molecular formula is C13H25BrO4. The molecule has 0 bridgehead atoms. The third-order valence-corrected chi connectivity index (χ3v) is 4.22. The molecular weight excluding hydrogens is 300 g/mol. The molecule has 0 spiro atoms. The summed E-state index contributed by atoms with van der Waals surface area (Å²) in [6.45, 7) is 3.81. The van der Waals surface area contributed by atoms with Crippen LogP contribution < -0.4 is 0 Å². The van der Waals surface area contributed by atoms with Crippen LogP contribution in [0.4, 0.5) is 0 Å². The predicted molar refractivity (Wildman–Crippen MR) is 74.5 cm³/mol. The Hall–Kier alpha value is 0.320. The van der Waals surface area contributed by atoms with Crippen molar-refractivity contribution in [2.45, 2.75) is 31.3 Å². The van der Waals surface area contributed by atoms with Crippen molar-refractivity contribution < 1.29 is 18.9 Å². The predicted octanol–water partition coefficient (Wildman–Crippen LogP) is 2.39. The second-order valence-corrected chi connectivity index (χ2v) is 5.15. The van der Waals surface area contributed by atoms with E-state index in [-0.39, 0.29) is 5.60 Å². The first kappa shape index (κ1) is 16.4. The molecule has 5 heteroatoms. The van der Waals surface area contributed by atoms with Crippen LogP contribution in [0.1, 0.15) is 25.7 Å². The van der Waals surface area contributed by atoms with Gasteiger partial charge in [-0.1, -0.05) is 28.8 Å². The highest BCUT2D eigenvalue weighted by molar-refractivity contribution is 9.09. The van der Waals surface area contributed by atoms with E-state index in [0.29, 0.717) is 39.6 Å².